The van der Waals surface area contributed by atoms with Crippen LogP contribution in [0.3, 0.4) is 0 Å². The summed E-state index contributed by atoms with van der Waals surface area (Å²) in [7, 11) is 0. The maximum atomic E-state index is 12.8. The van der Waals surface area contributed by atoms with Crippen molar-refractivity contribution in [2.75, 3.05) is 19.6 Å². The molecule has 6 heteroatoms. The average Bonchev–Trinajstić information content (AvgIpc) is 3.10. The van der Waals surface area contributed by atoms with Crippen LogP contribution < -0.4 is 10.6 Å². The summed E-state index contributed by atoms with van der Waals surface area (Å²) in [5.41, 5.74) is 2.92. The fourth-order valence-corrected chi connectivity index (χ4v) is 3.27. The van der Waals surface area contributed by atoms with Crippen LogP contribution in [0.5, 0.6) is 0 Å². The van der Waals surface area contributed by atoms with Gasteiger partial charge in [-0.1, -0.05) is 18.2 Å². The monoisotopic (exact) mass is 348 g/mol. The molecular formula is C20H20N4O2. The van der Waals surface area contributed by atoms with Gasteiger partial charge in [0.15, 0.2) is 0 Å². The summed E-state index contributed by atoms with van der Waals surface area (Å²) >= 11 is 0. The molecule has 1 saturated heterocycles. The Morgan fingerprint density at radius 1 is 1.23 bits per heavy atom. The van der Waals surface area contributed by atoms with E-state index in [9.17, 15) is 9.90 Å². The highest BCUT2D eigenvalue weighted by molar-refractivity contribution is 6.07. The number of rotatable bonds is 4. The highest BCUT2D eigenvalue weighted by Gasteiger charge is 2.25. The van der Waals surface area contributed by atoms with Crippen molar-refractivity contribution in [1.82, 2.24) is 20.6 Å². The number of aliphatic hydroxyl groups is 1. The van der Waals surface area contributed by atoms with Crippen LogP contribution >= 0.6 is 0 Å². The molecule has 0 bridgehead atoms. The van der Waals surface area contributed by atoms with E-state index in [-0.39, 0.29) is 11.8 Å². The highest BCUT2D eigenvalue weighted by atomic mass is 16.3. The van der Waals surface area contributed by atoms with Crippen molar-refractivity contribution in [1.29, 1.82) is 0 Å². The van der Waals surface area contributed by atoms with E-state index in [4.69, 9.17) is 0 Å². The van der Waals surface area contributed by atoms with Gasteiger partial charge in [0.25, 0.3) is 5.91 Å². The maximum Gasteiger partial charge on any atom is 0.252 e. The van der Waals surface area contributed by atoms with Crippen molar-refractivity contribution < 1.29 is 9.90 Å². The molecule has 3 N–H and O–H groups in total. The molecule has 132 valence electrons. The topological polar surface area (TPSA) is 87.1 Å². The van der Waals surface area contributed by atoms with Crippen LogP contribution in [0, 0.1) is 5.92 Å². The van der Waals surface area contributed by atoms with E-state index in [0.717, 1.165) is 16.5 Å². The molecule has 6 nitrogen and oxygen atoms in total. The summed E-state index contributed by atoms with van der Waals surface area (Å²) in [5, 5.41) is 16.8. The Hall–Kier alpha value is -2.83. The summed E-state index contributed by atoms with van der Waals surface area (Å²) in [4.78, 5) is 21.7. The van der Waals surface area contributed by atoms with Crippen molar-refractivity contribution in [2.45, 2.75) is 6.10 Å². The number of fused-ring (bicyclic) bond motifs is 1. The van der Waals surface area contributed by atoms with Gasteiger partial charge in [-0.25, -0.2) is 4.98 Å². The third kappa shape index (κ3) is 3.29. The molecule has 3 aromatic rings. The Balaban J connectivity index is 1.67. The third-order valence-corrected chi connectivity index (χ3v) is 4.75. The van der Waals surface area contributed by atoms with Gasteiger partial charge in [-0.3, -0.25) is 9.78 Å². The number of aliphatic hydroxyl groups excluding tert-OH is 1. The number of aromatic nitrogens is 2. The van der Waals surface area contributed by atoms with Crippen LogP contribution in [0.25, 0.3) is 22.2 Å². The first kappa shape index (κ1) is 16.6. The summed E-state index contributed by atoms with van der Waals surface area (Å²) in [5.74, 6) is -0.127. The number of carbonyl (C=O) groups is 1. The lowest BCUT2D eigenvalue weighted by Gasteiger charge is -2.15. The Bertz CT molecular complexity index is 930. The van der Waals surface area contributed by atoms with Crippen molar-refractivity contribution in [3.63, 3.8) is 0 Å². The van der Waals surface area contributed by atoms with Crippen LogP contribution in [0.4, 0.5) is 0 Å². The molecule has 2 atom stereocenters. The molecule has 0 spiro atoms. The van der Waals surface area contributed by atoms with Crippen molar-refractivity contribution in [3.8, 4) is 11.3 Å². The van der Waals surface area contributed by atoms with Gasteiger partial charge >= 0.3 is 0 Å². The Morgan fingerprint density at radius 3 is 2.88 bits per heavy atom. The van der Waals surface area contributed by atoms with Crippen LogP contribution in [-0.4, -0.2) is 46.7 Å². The normalized spacial score (nSPS) is 19.6. The fourth-order valence-electron chi connectivity index (χ4n) is 3.27. The number of nitrogens with one attached hydrogen (secondary N) is 2. The molecule has 3 heterocycles. The molecule has 1 amide bonds. The van der Waals surface area contributed by atoms with E-state index in [1.807, 2.05) is 36.4 Å². The zero-order valence-corrected chi connectivity index (χ0v) is 14.2. The van der Waals surface area contributed by atoms with E-state index in [0.29, 0.717) is 30.9 Å². The lowest BCUT2D eigenvalue weighted by Crippen LogP contribution is -2.34. The second kappa shape index (κ2) is 7.19. The molecular weight excluding hydrogens is 328 g/mol. The highest BCUT2D eigenvalue weighted by Crippen LogP contribution is 2.24. The van der Waals surface area contributed by atoms with Crippen LogP contribution in [0.15, 0.2) is 54.9 Å². The van der Waals surface area contributed by atoms with Gasteiger partial charge in [-0.2, -0.15) is 0 Å². The molecule has 2 aromatic heterocycles. The van der Waals surface area contributed by atoms with E-state index in [1.54, 1.807) is 18.5 Å². The number of amides is 1. The number of pyridine rings is 2. The quantitative estimate of drug-likeness (QED) is 0.667. The third-order valence-electron chi connectivity index (χ3n) is 4.75. The summed E-state index contributed by atoms with van der Waals surface area (Å²) in [6, 6.07) is 13.2. The minimum atomic E-state index is -0.421. The maximum absolute atomic E-state index is 12.8. The van der Waals surface area contributed by atoms with E-state index < -0.39 is 6.10 Å². The van der Waals surface area contributed by atoms with Gasteiger partial charge < -0.3 is 15.7 Å². The predicted molar refractivity (Wildman–Crippen MR) is 99.7 cm³/mol. The standard InChI is InChI=1S/C20H20N4O2/c25-19-12-22-10-14(19)11-23-20(26)16-8-18(13-4-3-7-21-9-13)24-17-6-2-1-5-15(16)17/h1-9,14,19,22,25H,10-12H2,(H,23,26). The number of benzene rings is 1. The number of β-amino-alcohol motifs (C(OH)–C–C–N with tert-alkyl or cyclic N) is 1. The molecule has 1 aliphatic rings. The fraction of sp³-hybridized carbons (Fsp3) is 0.250. The number of hydrogen-bond donors (Lipinski definition) is 3. The van der Waals surface area contributed by atoms with Crippen LogP contribution in [0.2, 0.25) is 0 Å². The average molecular weight is 348 g/mol. The van der Waals surface area contributed by atoms with Gasteiger partial charge in [0.05, 0.1) is 22.9 Å². The largest absolute Gasteiger partial charge is 0.391 e. The Kier molecular flexibility index (Phi) is 4.60. The lowest BCUT2D eigenvalue weighted by atomic mass is 10.0. The van der Waals surface area contributed by atoms with Gasteiger partial charge in [0.1, 0.15) is 0 Å². The number of nitrogens with zero attached hydrogens (tertiary/aromatic N) is 2. The molecule has 0 radical (unpaired) electrons. The van der Waals surface area contributed by atoms with Crippen molar-refractivity contribution in [2.24, 2.45) is 5.92 Å². The van der Waals surface area contributed by atoms with E-state index in [2.05, 4.69) is 20.6 Å². The van der Waals surface area contributed by atoms with Gasteiger partial charge in [0.2, 0.25) is 0 Å². The number of hydrogen-bond acceptors (Lipinski definition) is 5. The smallest absolute Gasteiger partial charge is 0.252 e. The zero-order chi connectivity index (χ0) is 17.9. The SMILES string of the molecule is O=C(NCC1CNCC1O)c1cc(-c2cccnc2)nc2ccccc12. The summed E-state index contributed by atoms with van der Waals surface area (Å²) < 4.78 is 0. The van der Waals surface area contributed by atoms with Gasteiger partial charge in [-0.15, -0.1) is 0 Å². The second-order valence-corrected chi connectivity index (χ2v) is 6.51. The molecule has 4 rings (SSSR count). The van der Waals surface area contributed by atoms with Gasteiger partial charge in [-0.05, 0) is 24.3 Å². The van der Waals surface area contributed by atoms with Crippen molar-refractivity contribution in [3.05, 3.63) is 60.4 Å². The first-order valence-electron chi connectivity index (χ1n) is 8.69. The molecule has 0 saturated carbocycles. The van der Waals surface area contributed by atoms with Gasteiger partial charge in [0, 0.05) is 48.9 Å². The zero-order valence-electron chi connectivity index (χ0n) is 14.2. The van der Waals surface area contributed by atoms with E-state index in [1.165, 1.54) is 0 Å². The predicted octanol–water partition coefficient (Wildman–Crippen LogP) is 1.61. The molecule has 0 aliphatic carbocycles. The molecule has 2 unspecified atom stereocenters. The molecule has 1 aliphatic heterocycles. The lowest BCUT2D eigenvalue weighted by molar-refractivity contribution is 0.0928. The van der Waals surface area contributed by atoms with E-state index >= 15 is 0 Å². The first-order chi connectivity index (χ1) is 12.7. The second-order valence-electron chi connectivity index (χ2n) is 6.51. The summed E-state index contributed by atoms with van der Waals surface area (Å²) in [6.07, 6.45) is 3.02. The Labute approximate surface area is 151 Å². The molecule has 26 heavy (non-hydrogen) atoms. The summed E-state index contributed by atoms with van der Waals surface area (Å²) in [6.45, 7) is 1.72. The molecule has 1 fully saturated rings. The van der Waals surface area contributed by atoms with Crippen LogP contribution in [0.1, 0.15) is 10.4 Å². The van der Waals surface area contributed by atoms with Crippen molar-refractivity contribution >= 4 is 16.8 Å². The minimum absolute atomic E-state index is 0.0323. The minimum Gasteiger partial charge on any atom is -0.391 e. The molecule has 1 aromatic carbocycles. The first-order valence-corrected chi connectivity index (χ1v) is 8.69. The van der Waals surface area contributed by atoms with Crippen LogP contribution in [-0.2, 0) is 0 Å². The number of carbonyl (C=O) groups excluding carboxylic acids is 1. The number of para-hydroxylation sites is 1. The Morgan fingerprint density at radius 2 is 2.12 bits per heavy atom.